The van der Waals surface area contributed by atoms with E-state index in [1.807, 2.05) is 44.0 Å². The van der Waals surface area contributed by atoms with E-state index in [0.717, 1.165) is 11.3 Å². The van der Waals surface area contributed by atoms with Crippen molar-refractivity contribution in [2.24, 2.45) is 5.92 Å². The average Bonchev–Trinajstić information content (AvgIpc) is 2.59. The summed E-state index contributed by atoms with van der Waals surface area (Å²) in [6.07, 6.45) is 2.67. The Labute approximate surface area is 150 Å². The molecular formula is C18H22F3N3O2. The van der Waals surface area contributed by atoms with Gasteiger partial charge in [-0.05, 0) is 24.6 Å². The number of nitrogens with one attached hydrogen (secondary N) is 1. The first-order chi connectivity index (χ1) is 12.2. The van der Waals surface area contributed by atoms with Crippen molar-refractivity contribution in [3.05, 3.63) is 47.9 Å². The van der Waals surface area contributed by atoms with Crippen molar-refractivity contribution in [1.29, 1.82) is 0 Å². The quantitative estimate of drug-likeness (QED) is 0.833. The molecule has 5 nitrogen and oxygen atoms in total. The third kappa shape index (κ3) is 5.79. The van der Waals surface area contributed by atoms with Gasteiger partial charge in [-0.1, -0.05) is 19.9 Å². The van der Waals surface area contributed by atoms with E-state index in [0.29, 0.717) is 6.54 Å². The maximum Gasteiger partial charge on any atom is 0.422 e. The Balaban J connectivity index is 1.96. The number of aromatic nitrogens is 1. The predicted octanol–water partition coefficient (Wildman–Crippen LogP) is 3.57. The van der Waals surface area contributed by atoms with Gasteiger partial charge in [0.25, 0.3) is 0 Å². The summed E-state index contributed by atoms with van der Waals surface area (Å²) >= 11 is 0. The number of nitrogens with zero attached hydrogens (tertiary/aromatic N) is 2. The zero-order valence-electron chi connectivity index (χ0n) is 14.9. The fraction of sp³-hybridized carbons (Fsp3) is 0.444. The van der Waals surface area contributed by atoms with Gasteiger partial charge in [0.15, 0.2) is 6.61 Å². The number of alkyl halides is 3. The predicted molar refractivity (Wildman–Crippen MR) is 91.1 cm³/mol. The highest BCUT2D eigenvalue weighted by atomic mass is 19.4. The molecule has 1 aromatic heterocycles. The van der Waals surface area contributed by atoms with Crippen LogP contribution in [0, 0.1) is 5.92 Å². The van der Waals surface area contributed by atoms with E-state index in [4.69, 9.17) is 0 Å². The zero-order valence-corrected chi connectivity index (χ0v) is 14.9. The zero-order chi connectivity index (χ0) is 19.3. The second kappa shape index (κ2) is 8.25. The molecule has 8 heteroatoms. The van der Waals surface area contributed by atoms with Crippen LogP contribution in [0.3, 0.4) is 0 Å². The van der Waals surface area contributed by atoms with E-state index < -0.39 is 12.8 Å². The minimum Gasteiger partial charge on any atom is -0.468 e. The number of hydrogen-bond donors (Lipinski definition) is 1. The Bertz CT molecular complexity index is 682. The van der Waals surface area contributed by atoms with Gasteiger partial charge in [-0.3, -0.25) is 4.79 Å². The van der Waals surface area contributed by atoms with Crippen molar-refractivity contribution in [1.82, 2.24) is 15.2 Å². The number of halogens is 3. The van der Waals surface area contributed by atoms with Crippen LogP contribution in [0.4, 0.5) is 13.2 Å². The first kappa shape index (κ1) is 19.8. The maximum absolute atomic E-state index is 12.2. The third-order valence-corrected chi connectivity index (χ3v) is 3.86. The van der Waals surface area contributed by atoms with Gasteiger partial charge in [0.1, 0.15) is 0 Å². The second-order valence-corrected chi connectivity index (χ2v) is 6.36. The molecule has 1 aromatic rings. The van der Waals surface area contributed by atoms with Crippen LogP contribution < -0.4 is 10.1 Å². The molecule has 1 N–H and O–H groups in total. The smallest absolute Gasteiger partial charge is 0.422 e. The first-order valence-electron chi connectivity index (χ1n) is 8.25. The number of pyridine rings is 1. The third-order valence-electron chi connectivity index (χ3n) is 3.86. The number of ether oxygens (including phenoxy) is 1. The molecule has 26 heavy (non-hydrogen) atoms. The lowest BCUT2D eigenvalue weighted by atomic mass is 10.1. The molecular weight excluding hydrogens is 347 g/mol. The lowest BCUT2D eigenvalue weighted by molar-refractivity contribution is -0.154. The molecule has 0 bridgehead atoms. The number of allylic oxidation sites excluding steroid dienone is 2. The summed E-state index contributed by atoms with van der Waals surface area (Å²) in [5.41, 5.74) is 1.61. The number of carbonyl (C=O) groups excluding carboxylic acids is 1. The van der Waals surface area contributed by atoms with Gasteiger partial charge in [0, 0.05) is 30.1 Å². The summed E-state index contributed by atoms with van der Waals surface area (Å²) in [5.74, 6) is -0.231. The van der Waals surface area contributed by atoms with Gasteiger partial charge in [-0.15, -0.1) is 0 Å². The molecule has 0 saturated carbocycles. The van der Waals surface area contributed by atoms with Crippen LogP contribution in [-0.4, -0.2) is 35.1 Å². The van der Waals surface area contributed by atoms with Gasteiger partial charge >= 0.3 is 6.18 Å². The van der Waals surface area contributed by atoms with Gasteiger partial charge < -0.3 is 15.0 Å². The van der Waals surface area contributed by atoms with Gasteiger partial charge in [-0.2, -0.15) is 13.2 Å². The van der Waals surface area contributed by atoms with Crippen LogP contribution in [0.15, 0.2) is 42.4 Å². The molecule has 0 fully saturated rings. The summed E-state index contributed by atoms with van der Waals surface area (Å²) in [4.78, 5) is 17.8. The number of amides is 1. The Morgan fingerprint density at radius 1 is 1.35 bits per heavy atom. The van der Waals surface area contributed by atoms with E-state index in [1.54, 1.807) is 6.07 Å². The molecule has 2 heterocycles. The molecule has 0 aromatic carbocycles. The van der Waals surface area contributed by atoms with Crippen molar-refractivity contribution in [3.8, 4) is 5.88 Å². The van der Waals surface area contributed by atoms with Crippen LogP contribution in [0.5, 0.6) is 5.88 Å². The SMILES string of the molecule is CC(C)C(=O)NC1=CC=CN(C(C)c2ccc(OCC(F)(F)F)nc2)C1. The Kier molecular flexibility index (Phi) is 6.28. The van der Waals surface area contributed by atoms with Crippen LogP contribution >= 0.6 is 0 Å². The number of hydrogen-bond acceptors (Lipinski definition) is 4. The highest BCUT2D eigenvalue weighted by Crippen LogP contribution is 2.24. The summed E-state index contributed by atoms with van der Waals surface area (Å²) < 4.78 is 41.1. The summed E-state index contributed by atoms with van der Waals surface area (Å²) in [5, 5.41) is 2.88. The molecule has 1 aliphatic heterocycles. The Hall–Kier alpha value is -2.51. The first-order valence-corrected chi connectivity index (χ1v) is 8.25. The molecule has 0 spiro atoms. The fourth-order valence-electron chi connectivity index (χ4n) is 2.29. The molecule has 1 atom stereocenters. The van der Waals surface area contributed by atoms with Gasteiger partial charge in [-0.25, -0.2) is 4.98 Å². The lowest BCUT2D eigenvalue weighted by Crippen LogP contribution is -2.35. The highest BCUT2D eigenvalue weighted by Gasteiger charge is 2.28. The molecule has 1 amide bonds. The normalized spacial score (nSPS) is 15.7. The van der Waals surface area contributed by atoms with Crippen LogP contribution in [0.25, 0.3) is 0 Å². The minimum absolute atomic E-state index is 0.0491. The van der Waals surface area contributed by atoms with Crippen molar-refractivity contribution in [2.45, 2.75) is 33.0 Å². The Morgan fingerprint density at radius 3 is 2.65 bits per heavy atom. The van der Waals surface area contributed by atoms with E-state index in [2.05, 4.69) is 15.0 Å². The fourth-order valence-corrected chi connectivity index (χ4v) is 2.29. The van der Waals surface area contributed by atoms with Crippen molar-refractivity contribution < 1.29 is 22.7 Å². The van der Waals surface area contributed by atoms with Gasteiger partial charge in [0.2, 0.25) is 11.8 Å². The van der Waals surface area contributed by atoms with E-state index in [9.17, 15) is 18.0 Å². The molecule has 1 aliphatic rings. The van der Waals surface area contributed by atoms with Crippen LogP contribution in [0.1, 0.15) is 32.4 Å². The molecule has 0 saturated heterocycles. The highest BCUT2D eigenvalue weighted by molar-refractivity contribution is 5.79. The average molecular weight is 369 g/mol. The Morgan fingerprint density at radius 2 is 2.08 bits per heavy atom. The number of rotatable bonds is 6. The van der Waals surface area contributed by atoms with Crippen LogP contribution in [0.2, 0.25) is 0 Å². The molecule has 2 rings (SSSR count). The van der Waals surface area contributed by atoms with E-state index in [-0.39, 0.29) is 23.7 Å². The summed E-state index contributed by atoms with van der Waals surface area (Å²) in [7, 11) is 0. The lowest BCUT2D eigenvalue weighted by Gasteiger charge is -2.31. The molecule has 1 unspecified atom stereocenters. The molecule has 0 aliphatic carbocycles. The minimum atomic E-state index is -4.39. The van der Waals surface area contributed by atoms with Crippen molar-refractivity contribution in [2.75, 3.05) is 13.2 Å². The molecule has 0 radical (unpaired) electrons. The van der Waals surface area contributed by atoms with Crippen molar-refractivity contribution in [3.63, 3.8) is 0 Å². The van der Waals surface area contributed by atoms with E-state index >= 15 is 0 Å². The van der Waals surface area contributed by atoms with Crippen LogP contribution in [-0.2, 0) is 4.79 Å². The monoisotopic (exact) mass is 369 g/mol. The van der Waals surface area contributed by atoms with E-state index in [1.165, 1.54) is 12.3 Å². The summed E-state index contributed by atoms with van der Waals surface area (Å²) in [6.45, 7) is 4.74. The van der Waals surface area contributed by atoms with Gasteiger partial charge in [0.05, 0.1) is 12.6 Å². The standard InChI is InChI=1S/C18H22F3N3O2/c1-12(2)17(25)23-15-5-4-8-24(10-15)13(3)14-6-7-16(22-9-14)26-11-18(19,20)21/h4-9,12-13H,10-11H2,1-3H3,(H,23,25). The molecule has 142 valence electrons. The largest absolute Gasteiger partial charge is 0.468 e. The number of carbonyl (C=O) groups is 1. The van der Waals surface area contributed by atoms with Crippen molar-refractivity contribution >= 4 is 5.91 Å². The topological polar surface area (TPSA) is 54.5 Å². The maximum atomic E-state index is 12.2. The second-order valence-electron chi connectivity index (χ2n) is 6.36. The summed E-state index contributed by atoms with van der Waals surface area (Å²) in [6, 6.07) is 3.03.